The maximum atomic E-state index is 13.9. The standard InChI is InChI=1S/C27H41F2N3O4/c1-4-7-10-32-16-22(21(5-2)27(32)35)26(34)31-24(13-17-11-18(28)14-19(29)12-17)25(33)23-15-20(36-6-3)8-9-30-23/h11-12,14,20-25,30,33H,4-10,13,15-16H2,1-3H3,(H,31,34)/t20?,21?,22?,23?,24-,25+/m0/s1. The van der Waals surface area contributed by atoms with E-state index in [2.05, 4.69) is 17.6 Å². The number of ether oxygens (including phenoxy) is 1. The molecule has 2 amide bonds. The highest BCUT2D eigenvalue weighted by Crippen LogP contribution is 2.29. The predicted octanol–water partition coefficient (Wildman–Crippen LogP) is 2.79. The maximum absolute atomic E-state index is 13.9. The van der Waals surface area contributed by atoms with E-state index in [1.54, 1.807) is 4.90 Å². The summed E-state index contributed by atoms with van der Waals surface area (Å²) in [5.41, 5.74) is 0.341. The van der Waals surface area contributed by atoms with Crippen LogP contribution < -0.4 is 10.6 Å². The van der Waals surface area contributed by atoms with Crippen molar-refractivity contribution in [2.45, 2.75) is 83.6 Å². The fourth-order valence-corrected chi connectivity index (χ4v) is 5.51. The van der Waals surface area contributed by atoms with Gasteiger partial charge in [0.15, 0.2) is 0 Å². The van der Waals surface area contributed by atoms with Crippen LogP contribution >= 0.6 is 0 Å². The number of piperidine rings is 1. The smallest absolute Gasteiger partial charge is 0.226 e. The van der Waals surface area contributed by atoms with Crippen molar-refractivity contribution in [1.82, 2.24) is 15.5 Å². The number of nitrogens with one attached hydrogen (secondary N) is 2. The first-order valence-corrected chi connectivity index (χ1v) is 13.3. The number of nitrogens with zero attached hydrogens (tertiary/aromatic N) is 1. The summed E-state index contributed by atoms with van der Waals surface area (Å²) in [6.07, 6.45) is 2.77. The molecule has 4 unspecified atom stereocenters. The molecule has 0 aliphatic carbocycles. The lowest BCUT2D eigenvalue weighted by molar-refractivity contribution is -0.134. The van der Waals surface area contributed by atoms with Crippen LogP contribution in [0.5, 0.6) is 0 Å². The first-order chi connectivity index (χ1) is 17.3. The minimum atomic E-state index is -1.02. The molecule has 9 heteroatoms. The number of hydrogen-bond donors (Lipinski definition) is 3. The molecule has 2 heterocycles. The summed E-state index contributed by atoms with van der Waals surface area (Å²) in [4.78, 5) is 28.1. The third-order valence-electron chi connectivity index (χ3n) is 7.41. The highest BCUT2D eigenvalue weighted by Gasteiger charge is 2.44. The zero-order valence-corrected chi connectivity index (χ0v) is 21.6. The van der Waals surface area contributed by atoms with Crippen LogP contribution in [0.2, 0.25) is 0 Å². The molecule has 0 saturated carbocycles. The zero-order chi connectivity index (χ0) is 26.2. The average molecular weight is 510 g/mol. The SMILES string of the molecule is CCCCN1CC(C(=O)N[C@@H](Cc2cc(F)cc(F)c2)[C@H](O)C2CC(OCC)CCN2)C(CC)C1=O. The average Bonchev–Trinajstić information content (AvgIpc) is 3.16. The second-order valence-electron chi connectivity index (χ2n) is 10.0. The van der Waals surface area contributed by atoms with E-state index in [0.717, 1.165) is 25.3 Å². The Morgan fingerprint density at radius 3 is 2.61 bits per heavy atom. The summed E-state index contributed by atoms with van der Waals surface area (Å²) in [5, 5.41) is 17.6. The van der Waals surface area contributed by atoms with E-state index < -0.39 is 35.6 Å². The van der Waals surface area contributed by atoms with Gasteiger partial charge >= 0.3 is 0 Å². The highest BCUT2D eigenvalue weighted by atomic mass is 19.1. The Kier molecular flexibility index (Phi) is 10.6. The third-order valence-corrected chi connectivity index (χ3v) is 7.41. The maximum Gasteiger partial charge on any atom is 0.226 e. The number of hydrogen-bond acceptors (Lipinski definition) is 5. The topological polar surface area (TPSA) is 90.9 Å². The fraction of sp³-hybridized carbons (Fsp3) is 0.704. The molecule has 0 bridgehead atoms. The molecule has 1 aromatic rings. The molecule has 2 saturated heterocycles. The number of carbonyl (C=O) groups is 2. The van der Waals surface area contributed by atoms with E-state index in [0.29, 0.717) is 44.6 Å². The Morgan fingerprint density at radius 2 is 1.97 bits per heavy atom. The van der Waals surface area contributed by atoms with Crippen molar-refractivity contribution < 1.29 is 28.2 Å². The van der Waals surface area contributed by atoms with Gasteiger partial charge in [-0.25, -0.2) is 8.78 Å². The van der Waals surface area contributed by atoms with Crippen LogP contribution in [0.3, 0.4) is 0 Å². The van der Waals surface area contributed by atoms with Crippen molar-refractivity contribution in [3.05, 3.63) is 35.4 Å². The van der Waals surface area contributed by atoms with Gasteiger partial charge in [-0.1, -0.05) is 20.3 Å². The number of rotatable bonds is 12. The van der Waals surface area contributed by atoms with Gasteiger partial charge in [-0.05, 0) is 63.3 Å². The fourth-order valence-electron chi connectivity index (χ4n) is 5.51. The summed E-state index contributed by atoms with van der Waals surface area (Å²) in [6, 6.07) is 2.07. The lowest BCUT2D eigenvalue weighted by atomic mass is 9.88. The van der Waals surface area contributed by atoms with E-state index in [9.17, 15) is 23.5 Å². The van der Waals surface area contributed by atoms with Crippen LogP contribution in [-0.2, 0) is 20.7 Å². The minimum absolute atomic E-state index is 0.0103. The number of aliphatic hydroxyl groups excluding tert-OH is 1. The van der Waals surface area contributed by atoms with Crippen molar-refractivity contribution in [3.8, 4) is 0 Å². The number of amides is 2. The van der Waals surface area contributed by atoms with Crippen molar-refractivity contribution in [3.63, 3.8) is 0 Å². The normalized spacial score (nSPS) is 26.2. The Hall–Kier alpha value is -2.10. The van der Waals surface area contributed by atoms with Crippen LogP contribution in [0.25, 0.3) is 0 Å². The van der Waals surface area contributed by atoms with Crippen LogP contribution in [0.15, 0.2) is 18.2 Å². The molecule has 2 aliphatic heterocycles. The molecule has 1 aromatic carbocycles. The molecule has 202 valence electrons. The van der Waals surface area contributed by atoms with Gasteiger partial charge in [0.1, 0.15) is 11.6 Å². The molecular formula is C27H41F2N3O4. The largest absolute Gasteiger partial charge is 0.389 e. The van der Waals surface area contributed by atoms with Gasteiger partial charge in [-0.15, -0.1) is 0 Å². The second kappa shape index (κ2) is 13.4. The molecule has 0 radical (unpaired) electrons. The first kappa shape index (κ1) is 28.5. The van der Waals surface area contributed by atoms with E-state index in [-0.39, 0.29) is 30.4 Å². The van der Waals surface area contributed by atoms with Crippen LogP contribution in [0.4, 0.5) is 8.78 Å². The quantitative estimate of drug-likeness (QED) is 0.403. The van der Waals surface area contributed by atoms with Crippen molar-refractivity contribution in [2.24, 2.45) is 11.8 Å². The van der Waals surface area contributed by atoms with Gasteiger partial charge in [-0.2, -0.15) is 0 Å². The molecule has 2 fully saturated rings. The van der Waals surface area contributed by atoms with Gasteiger partial charge in [0, 0.05) is 31.8 Å². The van der Waals surface area contributed by atoms with E-state index in [1.807, 2.05) is 13.8 Å². The molecule has 7 nitrogen and oxygen atoms in total. The molecular weight excluding hydrogens is 468 g/mol. The minimum Gasteiger partial charge on any atom is -0.389 e. The van der Waals surface area contributed by atoms with E-state index >= 15 is 0 Å². The van der Waals surface area contributed by atoms with Crippen LogP contribution in [-0.4, -0.2) is 72.4 Å². The van der Waals surface area contributed by atoms with Crippen LogP contribution in [0, 0.1) is 23.5 Å². The number of benzene rings is 1. The number of aliphatic hydroxyl groups is 1. The van der Waals surface area contributed by atoms with Crippen LogP contribution in [0.1, 0.15) is 58.4 Å². The Labute approximate surface area is 213 Å². The van der Waals surface area contributed by atoms with E-state index in [1.165, 1.54) is 12.1 Å². The molecule has 3 N–H and O–H groups in total. The number of unbranched alkanes of at least 4 members (excludes halogenated alkanes) is 1. The number of likely N-dealkylation sites (tertiary alicyclic amines) is 1. The summed E-state index contributed by atoms with van der Waals surface area (Å²) in [5.74, 6) is -2.70. The lowest BCUT2D eigenvalue weighted by Gasteiger charge is -2.37. The summed E-state index contributed by atoms with van der Waals surface area (Å²) >= 11 is 0. The van der Waals surface area contributed by atoms with Crippen molar-refractivity contribution >= 4 is 11.8 Å². The van der Waals surface area contributed by atoms with Crippen molar-refractivity contribution in [2.75, 3.05) is 26.2 Å². The predicted molar refractivity (Wildman–Crippen MR) is 133 cm³/mol. The van der Waals surface area contributed by atoms with Gasteiger partial charge in [0.05, 0.1) is 30.1 Å². The molecule has 36 heavy (non-hydrogen) atoms. The lowest BCUT2D eigenvalue weighted by Crippen LogP contribution is -2.58. The summed E-state index contributed by atoms with van der Waals surface area (Å²) in [6.45, 7) is 8.06. The first-order valence-electron chi connectivity index (χ1n) is 13.3. The summed E-state index contributed by atoms with van der Waals surface area (Å²) in [7, 11) is 0. The van der Waals surface area contributed by atoms with E-state index in [4.69, 9.17) is 4.74 Å². The van der Waals surface area contributed by atoms with Gasteiger partial charge in [0.2, 0.25) is 11.8 Å². The molecule has 3 rings (SSSR count). The molecule has 0 spiro atoms. The summed E-state index contributed by atoms with van der Waals surface area (Å²) < 4.78 is 33.6. The van der Waals surface area contributed by atoms with Gasteiger partial charge < -0.3 is 25.4 Å². The molecule has 2 aliphatic rings. The Bertz CT molecular complexity index is 864. The van der Waals surface area contributed by atoms with Gasteiger partial charge in [-0.3, -0.25) is 9.59 Å². The second-order valence-corrected chi connectivity index (χ2v) is 10.0. The molecule has 0 aromatic heterocycles. The third kappa shape index (κ3) is 7.23. The van der Waals surface area contributed by atoms with Crippen molar-refractivity contribution in [1.29, 1.82) is 0 Å². The Balaban J connectivity index is 1.79. The number of carbonyl (C=O) groups excluding carboxylic acids is 2. The molecule has 6 atom stereocenters. The zero-order valence-electron chi connectivity index (χ0n) is 21.6. The Morgan fingerprint density at radius 1 is 1.25 bits per heavy atom. The monoisotopic (exact) mass is 509 g/mol. The van der Waals surface area contributed by atoms with Gasteiger partial charge in [0.25, 0.3) is 0 Å². The highest BCUT2D eigenvalue weighted by molar-refractivity contribution is 5.91. The number of halogens is 2.